The van der Waals surface area contributed by atoms with E-state index < -0.39 is 23.7 Å². The summed E-state index contributed by atoms with van der Waals surface area (Å²) < 4.78 is 48.2. The Balaban J connectivity index is 1.74. The van der Waals surface area contributed by atoms with E-state index in [2.05, 4.69) is 5.10 Å². The van der Waals surface area contributed by atoms with Crippen molar-refractivity contribution >= 4 is 11.9 Å². The number of nitrogens with zero attached hydrogens (tertiary/aromatic N) is 3. The van der Waals surface area contributed by atoms with Gasteiger partial charge in [-0.25, -0.2) is 22.6 Å². The Morgan fingerprint density at radius 3 is 2.32 bits per heavy atom. The summed E-state index contributed by atoms with van der Waals surface area (Å²) in [5, 5.41) is 4.68. The molecule has 0 saturated heterocycles. The third-order valence-electron chi connectivity index (χ3n) is 6.03. The monoisotopic (exact) mass is 435 g/mol. The number of carbonyl (C=O) groups is 1. The summed E-state index contributed by atoms with van der Waals surface area (Å²) in [6.07, 6.45) is -1.70. The number of hydrogen-bond donors (Lipinski definition) is 0. The Hall–Kier alpha value is -2.51. The lowest BCUT2D eigenvalue weighted by Crippen LogP contribution is -2.51. The molecule has 2 aliphatic rings. The molecule has 168 valence electrons. The number of aromatic nitrogens is 2. The predicted octanol–water partition coefficient (Wildman–Crippen LogP) is 5.97. The molecule has 2 aromatic rings. The highest BCUT2D eigenvalue weighted by molar-refractivity contribution is 5.90. The Bertz CT molecular complexity index is 954. The van der Waals surface area contributed by atoms with Crippen LogP contribution >= 0.6 is 0 Å². The molecule has 1 aromatic carbocycles. The molecule has 4 rings (SSSR count). The van der Waals surface area contributed by atoms with Gasteiger partial charge in [0.25, 0.3) is 0 Å². The first kappa shape index (κ1) is 21.7. The number of benzene rings is 1. The molecule has 2 saturated carbocycles. The first-order chi connectivity index (χ1) is 14.5. The topological polar surface area (TPSA) is 47.4 Å². The van der Waals surface area contributed by atoms with Gasteiger partial charge >= 0.3 is 6.09 Å². The molecule has 0 radical (unpaired) electrons. The lowest BCUT2D eigenvalue weighted by Gasteiger charge is -2.40. The van der Waals surface area contributed by atoms with Crippen LogP contribution in [0, 0.1) is 6.92 Å². The van der Waals surface area contributed by atoms with Gasteiger partial charge in [0.15, 0.2) is 0 Å². The van der Waals surface area contributed by atoms with Crippen molar-refractivity contribution in [1.82, 2.24) is 9.78 Å². The fourth-order valence-electron chi connectivity index (χ4n) is 4.28. The van der Waals surface area contributed by atoms with Gasteiger partial charge < -0.3 is 4.74 Å². The van der Waals surface area contributed by atoms with Crippen LogP contribution in [-0.4, -0.2) is 34.0 Å². The van der Waals surface area contributed by atoms with E-state index in [1.165, 1.54) is 4.90 Å². The second kappa shape index (κ2) is 7.57. The molecule has 0 aliphatic heterocycles. The van der Waals surface area contributed by atoms with E-state index in [4.69, 9.17) is 4.74 Å². The zero-order valence-electron chi connectivity index (χ0n) is 18.2. The number of carbonyl (C=O) groups excluding carboxylic acids is 1. The predicted molar refractivity (Wildman–Crippen MR) is 112 cm³/mol. The third-order valence-corrected chi connectivity index (χ3v) is 6.03. The number of halogens is 3. The quantitative estimate of drug-likeness (QED) is 0.595. The van der Waals surface area contributed by atoms with Crippen LogP contribution in [0.5, 0.6) is 5.75 Å². The molecule has 0 bridgehead atoms. The first-order valence-corrected chi connectivity index (χ1v) is 10.6. The maximum absolute atomic E-state index is 13.8. The van der Waals surface area contributed by atoms with Gasteiger partial charge in [0, 0.05) is 30.4 Å². The summed E-state index contributed by atoms with van der Waals surface area (Å²) in [6.45, 7) is 7.59. The fourth-order valence-corrected chi connectivity index (χ4v) is 4.28. The molecular formula is C23H28F3N3O2. The van der Waals surface area contributed by atoms with E-state index in [1.54, 1.807) is 35.9 Å². The maximum atomic E-state index is 13.8. The molecule has 1 heterocycles. The summed E-state index contributed by atoms with van der Waals surface area (Å²) in [5.74, 6) is -2.16. The number of rotatable bonds is 4. The standard InChI is InChI=1S/C23H28F3N3O2/c1-14-19(15-12-23(25,26)13-15)27-29(22(2,3)4)20(14)28(17-10-16(24)11-17)21(30)31-18-8-6-5-7-9-18/h5-9,15-17H,10-13H2,1-4H3. The van der Waals surface area contributed by atoms with Gasteiger partial charge in [0.05, 0.1) is 11.2 Å². The molecule has 0 atom stereocenters. The molecule has 1 aromatic heterocycles. The molecule has 0 N–H and O–H groups in total. The van der Waals surface area contributed by atoms with Crippen LogP contribution in [-0.2, 0) is 5.54 Å². The third kappa shape index (κ3) is 4.16. The van der Waals surface area contributed by atoms with Crippen LogP contribution in [0.15, 0.2) is 30.3 Å². The molecule has 2 fully saturated rings. The number of alkyl halides is 3. The van der Waals surface area contributed by atoms with Crippen LogP contribution in [0.4, 0.5) is 23.8 Å². The second-order valence-corrected chi connectivity index (χ2v) is 9.65. The minimum atomic E-state index is -2.68. The molecule has 5 nitrogen and oxygen atoms in total. The molecular weight excluding hydrogens is 407 g/mol. The first-order valence-electron chi connectivity index (χ1n) is 10.6. The molecule has 0 unspecified atom stereocenters. The van der Waals surface area contributed by atoms with Crippen LogP contribution < -0.4 is 9.64 Å². The number of hydrogen-bond acceptors (Lipinski definition) is 3. The molecule has 8 heteroatoms. The van der Waals surface area contributed by atoms with Crippen molar-refractivity contribution in [3.05, 3.63) is 41.6 Å². The van der Waals surface area contributed by atoms with Crippen LogP contribution in [0.1, 0.15) is 63.6 Å². The van der Waals surface area contributed by atoms with Gasteiger partial charge in [-0.05, 0) is 52.7 Å². The largest absolute Gasteiger partial charge is 0.421 e. The highest BCUT2D eigenvalue weighted by atomic mass is 19.3. The summed E-state index contributed by atoms with van der Waals surface area (Å²) in [4.78, 5) is 14.7. The lowest BCUT2D eigenvalue weighted by atomic mass is 9.78. The SMILES string of the molecule is Cc1c(C2CC(F)(F)C2)nn(C(C)(C)C)c1N(C(=O)Oc1ccccc1)C1CC(F)C1. The Kier molecular flexibility index (Phi) is 5.30. The van der Waals surface area contributed by atoms with Crippen molar-refractivity contribution < 1.29 is 22.7 Å². The van der Waals surface area contributed by atoms with Crippen molar-refractivity contribution in [3.8, 4) is 5.75 Å². The van der Waals surface area contributed by atoms with E-state index in [9.17, 15) is 18.0 Å². The molecule has 0 spiro atoms. The van der Waals surface area contributed by atoms with E-state index in [-0.39, 0.29) is 37.6 Å². The Labute approximate surface area is 180 Å². The minimum Gasteiger partial charge on any atom is -0.410 e. The highest BCUT2D eigenvalue weighted by Crippen LogP contribution is 2.50. The van der Waals surface area contributed by atoms with Gasteiger partial charge in [-0.3, -0.25) is 4.90 Å². The van der Waals surface area contributed by atoms with Crippen molar-refractivity contribution in [2.45, 2.75) is 83.0 Å². The number of ether oxygens (including phenoxy) is 1. The zero-order chi connectivity index (χ0) is 22.6. The summed E-state index contributed by atoms with van der Waals surface area (Å²) >= 11 is 0. The van der Waals surface area contributed by atoms with Gasteiger partial charge in [0.1, 0.15) is 17.7 Å². The number of amides is 1. The fraction of sp³-hybridized carbons (Fsp3) is 0.565. The molecule has 2 aliphatic carbocycles. The van der Waals surface area contributed by atoms with Crippen LogP contribution in [0.25, 0.3) is 0 Å². The second-order valence-electron chi connectivity index (χ2n) is 9.65. The van der Waals surface area contributed by atoms with E-state index in [0.29, 0.717) is 22.8 Å². The summed E-state index contributed by atoms with van der Waals surface area (Å²) in [7, 11) is 0. The summed E-state index contributed by atoms with van der Waals surface area (Å²) in [5.41, 5.74) is 0.724. The molecule has 1 amide bonds. The van der Waals surface area contributed by atoms with Crippen molar-refractivity contribution in [1.29, 1.82) is 0 Å². The normalized spacial score (nSPS) is 23.1. The van der Waals surface area contributed by atoms with Crippen LogP contribution in [0.2, 0.25) is 0 Å². The zero-order valence-corrected chi connectivity index (χ0v) is 18.2. The highest BCUT2D eigenvalue weighted by Gasteiger charge is 2.49. The van der Waals surface area contributed by atoms with Gasteiger partial charge in [-0.15, -0.1) is 0 Å². The average Bonchev–Trinajstić information content (AvgIpc) is 2.96. The van der Waals surface area contributed by atoms with Gasteiger partial charge in [0.2, 0.25) is 5.92 Å². The number of anilines is 1. The van der Waals surface area contributed by atoms with Gasteiger partial charge in [-0.1, -0.05) is 18.2 Å². The van der Waals surface area contributed by atoms with Gasteiger partial charge in [-0.2, -0.15) is 5.10 Å². The van der Waals surface area contributed by atoms with E-state index >= 15 is 0 Å². The minimum absolute atomic E-state index is 0.204. The van der Waals surface area contributed by atoms with Crippen molar-refractivity contribution in [3.63, 3.8) is 0 Å². The van der Waals surface area contributed by atoms with Crippen molar-refractivity contribution in [2.24, 2.45) is 0 Å². The maximum Gasteiger partial charge on any atom is 0.421 e. The van der Waals surface area contributed by atoms with Crippen LogP contribution in [0.3, 0.4) is 0 Å². The van der Waals surface area contributed by atoms with E-state index in [1.807, 2.05) is 26.8 Å². The molecule has 31 heavy (non-hydrogen) atoms. The number of para-hydroxylation sites is 1. The Morgan fingerprint density at radius 1 is 1.19 bits per heavy atom. The average molecular weight is 435 g/mol. The Morgan fingerprint density at radius 2 is 1.81 bits per heavy atom. The van der Waals surface area contributed by atoms with E-state index in [0.717, 1.165) is 0 Å². The summed E-state index contributed by atoms with van der Waals surface area (Å²) in [6, 6.07) is 8.29. The lowest BCUT2D eigenvalue weighted by molar-refractivity contribution is -0.0878. The smallest absolute Gasteiger partial charge is 0.410 e. The van der Waals surface area contributed by atoms with Crippen molar-refractivity contribution in [2.75, 3.05) is 4.90 Å².